The molecule has 2 N–H and O–H groups in total. The number of hydrogen-bond donors (Lipinski definition) is 2. The normalized spacial score (nSPS) is 9.59. The van der Waals surface area contributed by atoms with Crippen LogP contribution in [0.15, 0.2) is 26.5 Å². The Morgan fingerprint density at radius 3 is 3.05 bits per heavy atom. The lowest BCUT2D eigenvalue weighted by Gasteiger charge is -1.98. The molecular formula is C12H9Br2N7O. The van der Waals surface area contributed by atoms with E-state index in [0.29, 0.717) is 16.0 Å². The Kier molecular flexibility index (Phi) is 5.27. The molecule has 2 rings (SSSR count). The van der Waals surface area contributed by atoms with Gasteiger partial charge in [0.2, 0.25) is 0 Å². The number of amides is 1. The summed E-state index contributed by atoms with van der Waals surface area (Å²) in [7, 11) is 1.69. The van der Waals surface area contributed by atoms with Gasteiger partial charge in [0.25, 0.3) is 5.91 Å². The van der Waals surface area contributed by atoms with Crippen molar-refractivity contribution < 1.29 is 4.79 Å². The van der Waals surface area contributed by atoms with E-state index in [1.54, 1.807) is 17.7 Å². The number of nitrogens with zero attached hydrogens (tertiary/aromatic N) is 5. The molecule has 1 amide bonds. The Morgan fingerprint density at radius 2 is 2.41 bits per heavy atom. The van der Waals surface area contributed by atoms with Crippen LogP contribution in [0.25, 0.3) is 10.4 Å². The topological polar surface area (TPSA) is 111 Å². The van der Waals surface area contributed by atoms with Crippen molar-refractivity contribution in [1.29, 1.82) is 0 Å². The van der Waals surface area contributed by atoms with E-state index in [9.17, 15) is 4.79 Å². The van der Waals surface area contributed by atoms with Gasteiger partial charge in [-0.2, -0.15) is 0 Å². The first-order valence-electron chi connectivity index (χ1n) is 5.91. The molecule has 112 valence electrons. The minimum absolute atomic E-state index is 0.176. The van der Waals surface area contributed by atoms with Gasteiger partial charge in [0.15, 0.2) is 5.95 Å². The molecule has 0 aromatic carbocycles. The largest absolute Gasteiger partial charge is 0.344 e. The second kappa shape index (κ2) is 7.17. The lowest BCUT2D eigenvalue weighted by molar-refractivity contribution is 0.0954. The number of imidazole rings is 1. The van der Waals surface area contributed by atoms with E-state index < -0.39 is 0 Å². The monoisotopic (exact) mass is 425 g/mol. The number of halogens is 2. The summed E-state index contributed by atoms with van der Waals surface area (Å²) >= 11 is 6.55. The smallest absolute Gasteiger partial charge is 0.268 e. The fourth-order valence-electron chi connectivity index (χ4n) is 1.53. The minimum atomic E-state index is -0.263. The fraction of sp³-hybridized carbons (Fsp3) is 0.167. The quantitative estimate of drug-likeness (QED) is 0.340. The van der Waals surface area contributed by atoms with Crippen molar-refractivity contribution in [1.82, 2.24) is 19.9 Å². The van der Waals surface area contributed by atoms with Gasteiger partial charge in [-0.1, -0.05) is 5.92 Å². The number of hydrogen-bond acceptors (Lipinski definition) is 3. The third-order valence-corrected chi connectivity index (χ3v) is 4.40. The highest BCUT2D eigenvalue weighted by molar-refractivity contribution is 9.13. The van der Waals surface area contributed by atoms with Crippen LogP contribution in [0.1, 0.15) is 16.2 Å². The fourth-order valence-corrected chi connectivity index (χ4v) is 2.19. The van der Waals surface area contributed by atoms with Crippen LogP contribution in [0.2, 0.25) is 0 Å². The van der Waals surface area contributed by atoms with Gasteiger partial charge in [-0.05, 0) is 54.5 Å². The average Bonchev–Trinajstić information content (AvgIpc) is 3.00. The van der Waals surface area contributed by atoms with Crippen LogP contribution < -0.4 is 5.32 Å². The summed E-state index contributed by atoms with van der Waals surface area (Å²) in [4.78, 5) is 21.3. The van der Waals surface area contributed by atoms with Crippen LogP contribution >= 0.6 is 31.9 Å². The van der Waals surface area contributed by atoms with Crippen LogP contribution in [0, 0.1) is 11.8 Å². The molecule has 2 heterocycles. The summed E-state index contributed by atoms with van der Waals surface area (Å²) in [5.74, 6) is 5.61. The second-order valence-corrected chi connectivity index (χ2v) is 5.67. The summed E-state index contributed by atoms with van der Waals surface area (Å²) in [6.07, 6.45) is 1.50. The predicted octanol–water partition coefficient (Wildman–Crippen LogP) is 3.00. The zero-order chi connectivity index (χ0) is 16.1. The van der Waals surface area contributed by atoms with E-state index in [0.717, 1.165) is 4.47 Å². The Balaban J connectivity index is 1.97. The molecule has 0 aliphatic rings. The summed E-state index contributed by atoms with van der Waals surface area (Å²) in [5, 5.41) is 6.08. The lowest BCUT2D eigenvalue weighted by atomic mass is 10.4. The predicted molar refractivity (Wildman–Crippen MR) is 87.4 cm³/mol. The Bertz CT molecular complexity index is 801. The molecule has 0 atom stereocenters. The Morgan fingerprint density at radius 1 is 1.64 bits per heavy atom. The van der Waals surface area contributed by atoms with Crippen molar-refractivity contribution in [2.24, 2.45) is 12.2 Å². The molecule has 2 aromatic rings. The van der Waals surface area contributed by atoms with E-state index in [2.05, 4.69) is 69.0 Å². The number of aromatic nitrogens is 3. The third-order valence-electron chi connectivity index (χ3n) is 2.62. The van der Waals surface area contributed by atoms with E-state index in [1.165, 1.54) is 6.20 Å². The molecule has 10 heteroatoms. The molecule has 0 aliphatic carbocycles. The third kappa shape index (κ3) is 3.71. The van der Waals surface area contributed by atoms with E-state index in [1.807, 2.05) is 0 Å². The minimum Gasteiger partial charge on any atom is -0.344 e. The molecule has 0 fully saturated rings. The maximum atomic E-state index is 11.9. The summed E-state index contributed by atoms with van der Waals surface area (Å²) in [6, 6.07) is 1.67. The number of azide groups is 1. The van der Waals surface area contributed by atoms with Gasteiger partial charge in [-0.25, -0.2) is 4.98 Å². The molecule has 0 unspecified atom stereocenters. The number of aromatic amines is 1. The average molecular weight is 427 g/mol. The van der Waals surface area contributed by atoms with Gasteiger partial charge in [0, 0.05) is 12.0 Å². The summed E-state index contributed by atoms with van der Waals surface area (Å²) < 4.78 is 3.03. The molecule has 0 saturated heterocycles. The van der Waals surface area contributed by atoms with Gasteiger partial charge in [-0.15, -0.1) is 0 Å². The standard InChI is InChI=1S/C12H9Br2N7O/c1-21-7(6-17-12(21)19-20-15)3-2-4-16-11(22)9-5-8(13)10(14)18-9/h5-6,18H,4H2,1H3,(H,16,22). The van der Waals surface area contributed by atoms with Crippen molar-refractivity contribution in [2.45, 2.75) is 0 Å². The highest BCUT2D eigenvalue weighted by Crippen LogP contribution is 2.22. The maximum absolute atomic E-state index is 11.9. The molecule has 0 aliphatic heterocycles. The molecule has 0 saturated carbocycles. The van der Waals surface area contributed by atoms with Crippen molar-refractivity contribution in [3.63, 3.8) is 0 Å². The number of rotatable bonds is 3. The number of carbonyl (C=O) groups excluding carboxylic acids is 1. The van der Waals surface area contributed by atoms with Gasteiger partial charge in [0.05, 0.1) is 21.8 Å². The zero-order valence-electron chi connectivity index (χ0n) is 11.3. The summed E-state index contributed by atoms with van der Waals surface area (Å²) in [5.41, 5.74) is 9.38. The second-order valence-electron chi connectivity index (χ2n) is 4.02. The van der Waals surface area contributed by atoms with Crippen LogP contribution in [0.3, 0.4) is 0 Å². The lowest BCUT2D eigenvalue weighted by Crippen LogP contribution is -2.23. The van der Waals surface area contributed by atoms with Crippen LogP contribution in [0.5, 0.6) is 0 Å². The number of nitrogens with one attached hydrogen (secondary N) is 2. The van der Waals surface area contributed by atoms with Crippen molar-refractivity contribution in [3.8, 4) is 11.8 Å². The molecular weight excluding hydrogens is 418 g/mol. The van der Waals surface area contributed by atoms with Crippen molar-refractivity contribution in [3.05, 3.63) is 43.2 Å². The number of H-pyrrole nitrogens is 1. The Labute approximate surface area is 142 Å². The van der Waals surface area contributed by atoms with Crippen molar-refractivity contribution in [2.75, 3.05) is 6.54 Å². The van der Waals surface area contributed by atoms with Gasteiger partial charge in [0.1, 0.15) is 11.4 Å². The first-order chi connectivity index (χ1) is 10.5. The summed E-state index contributed by atoms with van der Waals surface area (Å²) in [6.45, 7) is 0.176. The van der Waals surface area contributed by atoms with Crippen LogP contribution in [0.4, 0.5) is 5.95 Å². The van der Waals surface area contributed by atoms with Crippen LogP contribution in [-0.4, -0.2) is 27.0 Å². The van der Waals surface area contributed by atoms with Crippen molar-refractivity contribution >= 4 is 43.7 Å². The Hall–Kier alpha value is -2.21. The molecule has 2 aromatic heterocycles. The first kappa shape index (κ1) is 16.2. The van der Waals surface area contributed by atoms with Gasteiger partial charge >= 0.3 is 0 Å². The van der Waals surface area contributed by atoms with E-state index >= 15 is 0 Å². The number of carbonyl (C=O) groups is 1. The van der Waals surface area contributed by atoms with Gasteiger partial charge in [-0.3, -0.25) is 4.79 Å². The molecule has 0 spiro atoms. The maximum Gasteiger partial charge on any atom is 0.268 e. The first-order valence-corrected chi connectivity index (χ1v) is 7.49. The highest BCUT2D eigenvalue weighted by Gasteiger charge is 2.09. The van der Waals surface area contributed by atoms with E-state index in [-0.39, 0.29) is 18.4 Å². The molecule has 22 heavy (non-hydrogen) atoms. The molecule has 8 nitrogen and oxygen atoms in total. The highest BCUT2D eigenvalue weighted by atomic mass is 79.9. The van der Waals surface area contributed by atoms with E-state index in [4.69, 9.17) is 5.53 Å². The van der Waals surface area contributed by atoms with Crippen LogP contribution in [-0.2, 0) is 7.05 Å². The molecule has 0 radical (unpaired) electrons. The van der Waals surface area contributed by atoms with Gasteiger partial charge < -0.3 is 14.9 Å². The molecule has 0 bridgehead atoms. The zero-order valence-corrected chi connectivity index (χ0v) is 14.4. The SMILES string of the molecule is Cn1c(C#CCNC(=O)c2cc(Br)c(Br)[nH]2)cnc1N=[N+]=[N-].